The Morgan fingerprint density at radius 2 is 2.14 bits per heavy atom. The Morgan fingerprint density at radius 1 is 1.50 bits per heavy atom. The topological polar surface area (TPSA) is 56.4 Å². The normalized spacial score (nSPS) is 28.6. The maximum Gasteiger partial charge on any atom is 0.0918 e. The number of nitrogens with one attached hydrogen (secondary N) is 1. The molecule has 0 bridgehead atoms. The lowest BCUT2D eigenvalue weighted by Gasteiger charge is -2.22. The summed E-state index contributed by atoms with van der Waals surface area (Å²) in [6.07, 6.45) is 0.701. The van der Waals surface area contributed by atoms with Crippen molar-refractivity contribution >= 4 is 5.84 Å². The Bertz CT molecular complexity index is 202. The van der Waals surface area contributed by atoms with Crippen molar-refractivity contribution in [3.63, 3.8) is 0 Å². The van der Waals surface area contributed by atoms with E-state index in [2.05, 4.69) is 30.8 Å². The average molecular weight is 198 g/mol. The number of rotatable bonds is 4. The first-order chi connectivity index (χ1) is 6.50. The van der Waals surface area contributed by atoms with Gasteiger partial charge in [0.05, 0.1) is 5.84 Å². The number of likely N-dealkylation sites (N-methyl/N-ethyl adjacent to an activating group) is 1. The molecule has 1 fully saturated rings. The Labute approximate surface area is 86.6 Å². The summed E-state index contributed by atoms with van der Waals surface area (Å²) in [6.45, 7) is 5.47. The van der Waals surface area contributed by atoms with Crippen LogP contribution in [0.5, 0.6) is 0 Å². The van der Waals surface area contributed by atoms with Gasteiger partial charge in [0.25, 0.3) is 0 Å². The molecule has 0 amide bonds. The van der Waals surface area contributed by atoms with Gasteiger partial charge >= 0.3 is 0 Å². The first kappa shape index (κ1) is 11.5. The van der Waals surface area contributed by atoms with E-state index in [4.69, 9.17) is 11.1 Å². The summed E-state index contributed by atoms with van der Waals surface area (Å²) in [5.74, 6) is 1.02. The number of nitrogens with two attached hydrogens (primary N) is 1. The van der Waals surface area contributed by atoms with Gasteiger partial charge in [0.1, 0.15) is 0 Å². The van der Waals surface area contributed by atoms with Crippen molar-refractivity contribution in [3.05, 3.63) is 0 Å². The third kappa shape index (κ3) is 2.96. The lowest BCUT2D eigenvalue weighted by Crippen LogP contribution is -2.34. The smallest absolute Gasteiger partial charge is 0.0918 e. The van der Waals surface area contributed by atoms with Crippen LogP contribution in [-0.2, 0) is 0 Å². The molecule has 0 aromatic rings. The summed E-state index contributed by atoms with van der Waals surface area (Å²) in [4.78, 5) is 4.69. The van der Waals surface area contributed by atoms with Gasteiger partial charge in [-0.2, -0.15) is 0 Å². The van der Waals surface area contributed by atoms with E-state index in [-0.39, 0.29) is 0 Å². The summed E-state index contributed by atoms with van der Waals surface area (Å²) in [5, 5.41) is 7.18. The molecule has 0 aromatic carbocycles. The molecule has 4 nitrogen and oxygen atoms in total. The molecular formula is C10H22N4. The Hall–Kier alpha value is -0.610. The maximum atomic E-state index is 7.18. The van der Waals surface area contributed by atoms with Crippen LogP contribution in [0.3, 0.4) is 0 Å². The van der Waals surface area contributed by atoms with Crippen LogP contribution in [-0.4, -0.2) is 55.4 Å². The molecule has 1 aliphatic rings. The molecular weight excluding hydrogens is 176 g/mol. The molecule has 1 rings (SSSR count). The van der Waals surface area contributed by atoms with Crippen molar-refractivity contribution in [2.75, 3.05) is 33.7 Å². The zero-order valence-electron chi connectivity index (χ0n) is 9.45. The second-order valence-electron chi connectivity index (χ2n) is 4.54. The molecule has 1 heterocycles. The molecule has 1 saturated heterocycles. The minimum atomic E-state index is 0.297. The standard InChI is InChI=1S/C10H22N4/c1-8-6-14(5-4-10(11)12)7-9(8)13(2)3/h8-9H,4-7H2,1-3H3,(H3,11,12). The van der Waals surface area contributed by atoms with Crippen molar-refractivity contribution < 1.29 is 0 Å². The van der Waals surface area contributed by atoms with Gasteiger partial charge in [-0.05, 0) is 20.0 Å². The fourth-order valence-corrected chi connectivity index (χ4v) is 2.18. The van der Waals surface area contributed by atoms with Crippen LogP contribution in [0.2, 0.25) is 0 Å². The summed E-state index contributed by atoms with van der Waals surface area (Å²) in [6, 6.07) is 0.655. The molecule has 0 spiro atoms. The van der Waals surface area contributed by atoms with Crippen molar-refractivity contribution in [2.45, 2.75) is 19.4 Å². The highest BCUT2D eigenvalue weighted by atomic mass is 15.2. The average Bonchev–Trinajstić information content (AvgIpc) is 2.43. The minimum Gasteiger partial charge on any atom is -0.388 e. The molecule has 0 aliphatic carbocycles. The summed E-state index contributed by atoms with van der Waals surface area (Å²) >= 11 is 0. The molecule has 1 aliphatic heterocycles. The molecule has 2 unspecified atom stereocenters. The minimum absolute atomic E-state index is 0.297. The Kier molecular flexibility index (Phi) is 3.89. The van der Waals surface area contributed by atoms with Crippen LogP contribution in [0.15, 0.2) is 0 Å². The van der Waals surface area contributed by atoms with Gasteiger partial charge in [-0.25, -0.2) is 0 Å². The predicted molar refractivity (Wildman–Crippen MR) is 59.6 cm³/mol. The first-order valence-corrected chi connectivity index (χ1v) is 5.22. The summed E-state index contributed by atoms with van der Waals surface area (Å²) in [5.41, 5.74) is 5.35. The van der Waals surface area contributed by atoms with Gasteiger partial charge in [0.2, 0.25) is 0 Å². The molecule has 3 N–H and O–H groups in total. The first-order valence-electron chi connectivity index (χ1n) is 5.22. The van der Waals surface area contributed by atoms with E-state index >= 15 is 0 Å². The van der Waals surface area contributed by atoms with Crippen LogP contribution >= 0.6 is 0 Å². The lowest BCUT2D eigenvalue weighted by atomic mass is 10.1. The number of hydrogen-bond donors (Lipinski definition) is 2. The SMILES string of the molecule is CC1CN(CCC(=N)N)CC1N(C)C. The molecule has 0 aromatic heterocycles. The van der Waals surface area contributed by atoms with Gasteiger partial charge in [0.15, 0.2) is 0 Å². The fourth-order valence-electron chi connectivity index (χ4n) is 2.18. The van der Waals surface area contributed by atoms with E-state index in [1.165, 1.54) is 0 Å². The molecule has 0 radical (unpaired) electrons. The largest absolute Gasteiger partial charge is 0.388 e. The molecule has 14 heavy (non-hydrogen) atoms. The zero-order valence-corrected chi connectivity index (χ0v) is 9.45. The lowest BCUT2D eigenvalue weighted by molar-refractivity contribution is 0.253. The fraction of sp³-hybridized carbons (Fsp3) is 0.900. The van der Waals surface area contributed by atoms with Gasteiger partial charge in [-0.15, -0.1) is 0 Å². The van der Waals surface area contributed by atoms with Crippen LogP contribution < -0.4 is 5.73 Å². The number of hydrogen-bond acceptors (Lipinski definition) is 3. The van der Waals surface area contributed by atoms with Crippen LogP contribution in [0.4, 0.5) is 0 Å². The Balaban J connectivity index is 2.35. The van der Waals surface area contributed by atoms with Crippen molar-refractivity contribution in [2.24, 2.45) is 11.7 Å². The quantitative estimate of drug-likeness (QED) is 0.501. The van der Waals surface area contributed by atoms with Gasteiger partial charge in [0, 0.05) is 32.1 Å². The van der Waals surface area contributed by atoms with Crippen molar-refractivity contribution in [3.8, 4) is 0 Å². The van der Waals surface area contributed by atoms with Crippen molar-refractivity contribution in [1.29, 1.82) is 5.41 Å². The van der Waals surface area contributed by atoms with E-state index < -0.39 is 0 Å². The zero-order chi connectivity index (χ0) is 10.7. The maximum absolute atomic E-state index is 7.18. The van der Waals surface area contributed by atoms with E-state index in [9.17, 15) is 0 Å². The second kappa shape index (κ2) is 4.75. The van der Waals surface area contributed by atoms with Crippen LogP contribution in [0, 0.1) is 11.3 Å². The van der Waals surface area contributed by atoms with Gasteiger partial charge in [-0.1, -0.05) is 6.92 Å². The second-order valence-corrected chi connectivity index (χ2v) is 4.54. The van der Waals surface area contributed by atoms with E-state index in [0.29, 0.717) is 18.3 Å². The molecule has 2 atom stereocenters. The Morgan fingerprint density at radius 3 is 2.57 bits per heavy atom. The monoisotopic (exact) mass is 198 g/mol. The summed E-state index contributed by atoms with van der Waals surface area (Å²) in [7, 11) is 4.27. The van der Waals surface area contributed by atoms with Crippen LogP contribution in [0.25, 0.3) is 0 Å². The number of amidine groups is 1. The number of likely N-dealkylation sites (tertiary alicyclic amines) is 1. The van der Waals surface area contributed by atoms with Gasteiger partial charge in [-0.3, -0.25) is 5.41 Å². The molecule has 4 heteroatoms. The molecule has 0 saturated carbocycles. The predicted octanol–water partition coefficient (Wildman–Crippen LogP) is 0.194. The van der Waals surface area contributed by atoms with E-state index in [1.54, 1.807) is 0 Å². The van der Waals surface area contributed by atoms with Gasteiger partial charge < -0.3 is 15.5 Å². The summed E-state index contributed by atoms with van der Waals surface area (Å²) < 4.78 is 0. The highest BCUT2D eigenvalue weighted by Crippen LogP contribution is 2.19. The third-order valence-corrected chi connectivity index (χ3v) is 3.01. The number of nitrogens with zero attached hydrogens (tertiary/aromatic N) is 2. The third-order valence-electron chi connectivity index (χ3n) is 3.01. The van der Waals surface area contributed by atoms with Crippen LogP contribution in [0.1, 0.15) is 13.3 Å². The highest BCUT2D eigenvalue weighted by molar-refractivity contribution is 5.76. The molecule has 82 valence electrons. The van der Waals surface area contributed by atoms with E-state index in [0.717, 1.165) is 25.6 Å². The highest BCUT2D eigenvalue weighted by Gasteiger charge is 2.30. The van der Waals surface area contributed by atoms with Crippen molar-refractivity contribution in [1.82, 2.24) is 9.80 Å². The van der Waals surface area contributed by atoms with E-state index in [1.807, 2.05) is 0 Å².